The van der Waals surface area contributed by atoms with Crippen molar-refractivity contribution in [3.63, 3.8) is 0 Å². The van der Waals surface area contributed by atoms with Gasteiger partial charge in [0.15, 0.2) is 0 Å². The van der Waals surface area contributed by atoms with Crippen LogP contribution in [-0.2, 0) is 0 Å². The third-order valence-corrected chi connectivity index (χ3v) is 5.64. The molecule has 0 fully saturated rings. The summed E-state index contributed by atoms with van der Waals surface area (Å²) in [6.45, 7) is 8.68. The average Bonchev–Trinajstić information content (AvgIpc) is 2.61. The van der Waals surface area contributed by atoms with Gasteiger partial charge in [0, 0.05) is 9.75 Å². The molecule has 0 amide bonds. The van der Waals surface area contributed by atoms with Gasteiger partial charge in [-0.3, -0.25) is 0 Å². The topological polar surface area (TPSA) is 0 Å². The minimum Gasteiger partial charge on any atom is -0.144 e. The van der Waals surface area contributed by atoms with E-state index in [2.05, 4.69) is 67.9 Å². The molecule has 1 unspecified atom stereocenters. The number of thiophene rings is 1. The van der Waals surface area contributed by atoms with E-state index >= 15 is 0 Å². The first-order chi connectivity index (χ1) is 7.99. The Labute approximate surface area is 116 Å². The van der Waals surface area contributed by atoms with Gasteiger partial charge in [0.05, 0.1) is 4.83 Å². The number of benzene rings is 1. The minimum atomic E-state index is 0.320. The summed E-state index contributed by atoms with van der Waals surface area (Å²) in [6.07, 6.45) is 0. The highest BCUT2D eigenvalue weighted by Crippen LogP contribution is 2.38. The van der Waals surface area contributed by atoms with E-state index in [1.807, 2.05) is 11.3 Å². The second kappa shape index (κ2) is 4.95. The van der Waals surface area contributed by atoms with Crippen LogP contribution in [0.3, 0.4) is 0 Å². The third-order valence-electron chi connectivity index (χ3n) is 3.13. The van der Waals surface area contributed by atoms with Gasteiger partial charge in [-0.05, 0) is 56.0 Å². The Morgan fingerprint density at radius 1 is 0.941 bits per heavy atom. The molecule has 0 radical (unpaired) electrons. The predicted molar refractivity (Wildman–Crippen MR) is 80.5 cm³/mol. The quantitative estimate of drug-likeness (QED) is 0.646. The summed E-state index contributed by atoms with van der Waals surface area (Å²) in [6, 6.07) is 8.96. The van der Waals surface area contributed by atoms with E-state index in [-0.39, 0.29) is 0 Å². The van der Waals surface area contributed by atoms with Crippen LogP contribution in [0.25, 0.3) is 0 Å². The number of halogens is 1. The van der Waals surface area contributed by atoms with Crippen LogP contribution in [0, 0.1) is 27.7 Å². The molecule has 1 aromatic heterocycles. The van der Waals surface area contributed by atoms with Gasteiger partial charge in [0.25, 0.3) is 0 Å². The van der Waals surface area contributed by atoms with Crippen LogP contribution < -0.4 is 0 Å². The van der Waals surface area contributed by atoms with E-state index in [9.17, 15) is 0 Å². The summed E-state index contributed by atoms with van der Waals surface area (Å²) >= 11 is 5.71. The lowest BCUT2D eigenvalue weighted by Gasteiger charge is -2.11. The maximum absolute atomic E-state index is 3.83. The fourth-order valence-corrected chi connectivity index (χ4v) is 3.95. The Kier molecular flexibility index (Phi) is 3.74. The highest BCUT2D eigenvalue weighted by molar-refractivity contribution is 9.09. The molecule has 0 N–H and O–H groups in total. The summed E-state index contributed by atoms with van der Waals surface area (Å²) in [5.74, 6) is 0. The van der Waals surface area contributed by atoms with E-state index in [1.165, 1.54) is 32.0 Å². The molecule has 1 atom stereocenters. The number of rotatable bonds is 2. The number of hydrogen-bond donors (Lipinski definition) is 0. The molecule has 1 heterocycles. The Balaban J connectivity index is 2.40. The molecular formula is C15H17BrS. The zero-order chi connectivity index (χ0) is 12.6. The minimum absolute atomic E-state index is 0.320. The Hall–Kier alpha value is -0.600. The van der Waals surface area contributed by atoms with Crippen LogP contribution in [0.1, 0.15) is 36.8 Å². The Morgan fingerprint density at radius 2 is 1.65 bits per heavy atom. The molecule has 90 valence electrons. The van der Waals surface area contributed by atoms with Crippen molar-refractivity contribution in [1.29, 1.82) is 0 Å². The summed E-state index contributed by atoms with van der Waals surface area (Å²) in [5.41, 5.74) is 5.44. The molecule has 0 saturated heterocycles. The molecule has 0 nitrogen and oxygen atoms in total. The lowest BCUT2D eigenvalue weighted by atomic mass is 10.0. The van der Waals surface area contributed by atoms with Crippen molar-refractivity contribution in [2.24, 2.45) is 0 Å². The SMILES string of the molecule is Cc1cc(C)c(C(Br)c2ccc(C)c(C)c2)s1. The highest BCUT2D eigenvalue weighted by Gasteiger charge is 2.15. The second-order valence-corrected chi connectivity index (χ2v) is 6.81. The Bertz CT molecular complexity index is 540. The molecule has 17 heavy (non-hydrogen) atoms. The van der Waals surface area contributed by atoms with E-state index in [1.54, 1.807) is 0 Å². The van der Waals surface area contributed by atoms with Gasteiger partial charge >= 0.3 is 0 Å². The van der Waals surface area contributed by atoms with Crippen LogP contribution >= 0.6 is 27.3 Å². The standard InChI is InChI=1S/C15H17BrS/c1-9-5-6-13(8-10(9)2)14(16)15-11(3)7-12(4)17-15/h5-8,14H,1-4H3. The van der Waals surface area contributed by atoms with Gasteiger partial charge in [-0.15, -0.1) is 11.3 Å². The maximum Gasteiger partial charge on any atom is 0.0740 e. The molecule has 2 rings (SSSR count). The summed E-state index contributed by atoms with van der Waals surface area (Å²) < 4.78 is 0. The zero-order valence-electron chi connectivity index (χ0n) is 10.7. The molecule has 0 aliphatic carbocycles. The van der Waals surface area contributed by atoms with Crippen LogP contribution in [0.2, 0.25) is 0 Å². The van der Waals surface area contributed by atoms with E-state index in [0.717, 1.165) is 0 Å². The average molecular weight is 309 g/mol. The first-order valence-electron chi connectivity index (χ1n) is 5.77. The molecule has 2 aromatic rings. The van der Waals surface area contributed by atoms with Gasteiger partial charge in [-0.25, -0.2) is 0 Å². The fourth-order valence-electron chi connectivity index (χ4n) is 1.98. The monoisotopic (exact) mass is 308 g/mol. The molecule has 0 aliphatic rings. The van der Waals surface area contributed by atoms with Crippen LogP contribution in [0.4, 0.5) is 0 Å². The first kappa shape index (κ1) is 12.8. The second-order valence-electron chi connectivity index (χ2n) is 4.61. The first-order valence-corrected chi connectivity index (χ1v) is 7.50. The molecule has 0 saturated carbocycles. The van der Waals surface area contributed by atoms with Crippen LogP contribution in [0.5, 0.6) is 0 Å². The fraction of sp³-hybridized carbons (Fsp3) is 0.333. The summed E-state index contributed by atoms with van der Waals surface area (Å²) in [4.78, 5) is 3.12. The number of aryl methyl sites for hydroxylation is 4. The van der Waals surface area contributed by atoms with Crippen molar-refractivity contribution in [2.45, 2.75) is 32.5 Å². The van der Waals surface area contributed by atoms with Crippen molar-refractivity contribution in [1.82, 2.24) is 0 Å². The molecule has 1 aromatic carbocycles. The third kappa shape index (κ3) is 2.63. The summed E-state index contributed by atoms with van der Waals surface area (Å²) in [7, 11) is 0. The van der Waals surface area contributed by atoms with Gasteiger partial charge in [-0.2, -0.15) is 0 Å². The molecule has 2 heteroatoms. The molecule has 0 aliphatic heterocycles. The molecular weight excluding hydrogens is 292 g/mol. The largest absolute Gasteiger partial charge is 0.144 e. The van der Waals surface area contributed by atoms with Crippen molar-refractivity contribution in [3.8, 4) is 0 Å². The van der Waals surface area contributed by atoms with Crippen LogP contribution in [0.15, 0.2) is 24.3 Å². The Morgan fingerprint density at radius 3 is 2.18 bits per heavy atom. The lowest BCUT2D eigenvalue weighted by molar-refractivity contribution is 1.17. The van der Waals surface area contributed by atoms with Gasteiger partial charge < -0.3 is 0 Å². The molecule has 0 bridgehead atoms. The normalized spacial score (nSPS) is 12.8. The van der Waals surface area contributed by atoms with Gasteiger partial charge in [0.1, 0.15) is 0 Å². The smallest absolute Gasteiger partial charge is 0.0740 e. The zero-order valence-corrected chi connectivity index (χ0v) is 13.1. The van der Waals surface area contributed by atoms with Crippen molar-refractivity contribution in [2.75, 3.05) is 0 Å². The van der Waals surface area contributed by atoms with Crippen molar-refractivity contribution < 1.29 is 0 Å². The van der Waals surface area contributed by atoms with E-state index in [4.69, 9.17) is 0 Å². The molecule has 0 spiro atoms. The number of hydrogen-bond acceptors (Lipinski definition) is 1. The lowest BCUT2D eigenvalue weighted by Crippen LogP contribution is -1.93. The van der Waals surface area contributed by atoms with E-state index in [0.29, 0.717) is 4.83 Å². The predicted octanol–water partition coefficient (Wildman–Crippen LogP) is 5.47. The maximum atomic E-state index is 3.83. The van der Waals surface area contributed by atoms with Gasteiger partial charge in [0.2, 0.25) is 0 Å². The highest BCUT2D eigenvalue weighted by atomic mass is 79.9. The van der Waals surface area contributed by atoms with Gasteiger partial charge in [-0.1, -0.05) is 34.1 Å². The van der Waals surface area contributed by atoms with Crippen molar-refractivity contribution in [3.05, 3.63) is 56.3 Å². The van der Waals surface area contributed by atoms with Crippen LogP contribution in [-0.4, -0.2) is 0 Å². The van der Waals surface area contributed by atoms with Crippen molar-refractivity contribution >= 4 is 27.3 Å². The van der Waals surface area contributed by atoms with E-state index < -0.39 is 0 Å². The number of alkyl halides is 1. The summed E-state index contributed by atoms with van der Waals surface area (Å²) in [5, 5.41) is 0.